The van der Waals surface area contributed by atoms with Crippen molar-refractivity contribution in [3.63, 3.8) is 0 Å². The van der Waals surface area contributed by atoms with E-state index in [1.54, 1.807) is 48.5 Å². The minimum atomic E-state index is -0.289. The number of benzene rings is 3. The molecule has 0 radical (unpaired) electrons. The zero-order valence-electron chi connectivity index (χ0n) is 14.4. The first-order chi connectivity index (χ1) is 13.5. The van der Waals surface area contributed by atoms with Gasteiger partial charge in [0.1, 0.15) is 5.82 Å². The van der Waals surface area contributed by atoms with Crippen LogP contribution in [0.4, 0.5) is 4.39 Å². The Morgan fingerprint density at radius 3 is 2.50 bits per heavy atom. The van der Waals surface area contributed by atoms with Crippen LogP contribution in [-0.4, -0.2) is 9.55 Å². The summed E-state index contributed by atoms with van der Waals surface area (Å²) in [5.41, 5.74) is 1.82. The van der Waals surface area contributed by atoms with Crippen molar-refractivity contribution in [2.75, 3.05) is 0 Å². The van der Waals surface area contributed by atoms with Crippen LogP contribution < -0.4 is 5.56 Å². The maximum Gasteiger partial charge on any atom is 0.266 e. The predicted octanol–water partition coefficient (Wildman–Crippen LogP) is 6.12. The van der Waals surface area contributed by atoms with Gasteiger partial charge in [0.25, 0.3) is 5.56 Å². The molecule has 4 rings (SSSR count). The fraction of sp³-hybridized carbons (Fsp3) is 0.0476. The van der Waals surface area contributed by atoms with E-state index in [9.17, 15) is 9.18 Å². The van der Waals surface area contributed by atoms with Crippen molar-refractivity contribution in [2.45, 2.75) is 10.9 Å². The van der Waals surface area contributed by atoms with E-state index >= 15 is 0 Å². The molecule has 28 heavy (non-hydrogen) atoms. The predicted molar refractivity (Wildman–Crippen MR) is 113 cm³/mol. The van der Waals surface area contributed by atoms with E-state index in [0.717, 1.165) is 5.56 Å². The lowest BCUT2D eigenvalue weighted by atomic mass is 10.2. The smallest absolute Gasteiger partial charge is 0.266 e. The number of nitrogens with zero attached hydrogens (tertiary/aromatic N) is 2. The first kappa shape index (κ1) is 19.0. The lowest BCUT2D eigenvalue weighted by Gasteiger charge is -2.14. The molecule has 0 saturated carbocycles. The molecule has 0 fully saturated rings. The summed E-state index contributed by atoms with van der Waals surface area (Å²) in [6.45, 7) is 0. The fourth-order valence-corrected chi connectivity index (χ4v) is 4.27. The maximum absolute atomic E-state index is 13.2. The lowest BCUT2D eigenvalue weighted by molar-refractivity contribution is 0.627. The Bertz CT molecular complexity index is 1230. The van der Waals surface area contributed by atoms with Crippen LogP contribution in [0.25, 0.3) is 16.6 Å². The molecule has 0 aliphatic carbocycles. The monoisotopic (exact) mass is 430 g/mol. The number of halogens is 3. The third-order valence-corrected chi connectivity index (χ3v) is 5.72. The minimum Gasteiger partial charge on any atom is -0.268 e. The van der Waals surface area contributed by atoms with Gasteiger partial charge in [0, 0.05) is 10.8 Å². The molecule has 0 saturated heterocycles. The number of para-hydroxylation sites is 1. The molecule has 0 bridgehead atoms. The summed E-state index contributed by atoms with van der Waals surface area (Å²) in [7, 11) is 0. The van der Waals surface area contributed by atoms with Crippen molar-refractivity contribution >= 4 is 45.9 Å². The molecule has 0 aliphatic heterocycles. The van der Waals surface area contributed by atoms with Gasteiger partial charge in [-0.15, -0.1) is 0 Å². The Labute approximate surface area is 174 Å². The van der Waals surface area contributed by atoms with E-state index < -0.39 is 0 Å². The second-order valence-corrected chi connectivity index (χ2v) is 7.85. The van der Waals surface area contributed by atoms with E-state index in [1.165, 1.54) is 28.5 Å². The molecule has 0 unspecified atom stereocenters. The number of hydrogen-bond donors (Lipinski definition) is 0. The number of aromatic nitrogens is 2. The van der Waals surface area contributed by atoms with Crippen LogP contribution >= 0.6 is 35.0 Å². The summed E-state index contributed by atoms with van der Waals surface area (Å²) in [5, 5.41) is 1.84. The highest BCUT2D eigenvalue weighted by Gasteiger charge is 2.16. The van der Waals surface area contributed by atoms with Gasteiger partial charge < -0.3 is 0 Å². The average Bonchev–Trinajstić information content (AvgIpc) is 2.69. The summed E-state index contributed by atoms with van der Waals surface area (Å²) < 4.78 is 14.6. The van der Waals surface area contributed by atoms with Crippen molar-refractivity contribution in [3.05, 3.63) is 98.5 Å². The van der Waals surface area contributed by atoms with Gasteiger partial charge in [-0.25, -0.2) is 9.37 Å². The molecular formula is C21H13Cl2FN2OS. The third kappa shape index (κ3) is 3.78. The molecule has 0 aliphatic rings. The summed E-state index contributed by atoms with van der Waals surface area (Å²) in [4.78, 5) is 17.9. The molecular weight excluding hydrogens is 418 g/mol. The Morgan fingerprint density at radius 2 is 1.75 bits per heavy atom. The Morgan fingerprint density at radius 1 is 1.00 bits per heavy atom. The van der Waals surface area contributed by atoms with Gasteiger partial charge >= 0.3 is 0 Å². The van der Waals surface area contributed by atoms with Crippen molar-refractivity contribution in [1.82, 2.24) is 9.55 Å². The van der Waals surface area contributed by atoms with Gasteiger partial charge in [-0.2, -0.15) is 0 Å². The van der Waals surface area contributed by atoms with Crippen LogP contribution in [0.5, 0.6) is 0 Å². The van der Waals surface area contributed by atoms with E-state index in [-0.39, 0.29) is 11.4 Å². The first-order valence-corrected chi connectivity index (χ1v) is 10.1. The van der Waals surface area contributed by atoms with Crippen molar-refractivity contribution in [3.8, 4) is 5.69 Å². The fourth-order valence-electron chi connectivity index (χ4n) is 2.81. The second kappa shape index (κ2) is 7.95. The highest BCUT2D eigenvalue weighted by Crippen LogP contribution is 2.29. The number of hydrogen-bond acceptors (Lipinski definition) is 3. The molecule has 0 spiro atoms. The van der Waals surface area contributed by atoms with Crippen LogP contribution in [0.15, 0.2) is 76.7 Å². The Balaban J connectivity index is 1.85. The SMILES string of the molecule is O=c1c2ccccc2nc(SCc2ccc(F)cc2)n1-c1ccc(Cl)cc1Cl. The average molecular weight is 431 g/mol. The molecule has 0 N–H and O–H groups in total. The van der Waals surface area contributed by atoms with Crippen LogP contribution in [0.3, 0.4) is 0 Å². The highest BCUT2D eigenvalue weighted by atomic mass is 35.5. The largest absolute Gasteiger partial charge is 0.268 e. The van der Waals surface area contributed by atoms with Gasteiger partial charge in [0.15, 0.2) is 5.16 Å². The normalized spacial score (nSPS) is 11.1. The van der Waals surface area contributed by atoms with E-state index in [1.807, 2.05) is 6.07 Å². The van der Waals surface area contributed by atoms with Gasteiger partial charge in [-0.3, -0.25) is 9.36 Å². The second-order valence-electron chi connectivity index (χ2n) is 6.06. The lowest BCUT2D eigenvalue weighted by Crippen LogP contribution is -2.22. The molecule has 1 heterocycles. The Kier molecular flexibility index (Phi) is 5.40. The highest BCUT2D eigenvalue weighted by molar-refractivity contribution is 7.98. The molecule has 3 nitrogen and oxygen atoms in total. The van der Waals surface area contributed by atoms with E-state index in [2.05, 4.69) is 4.98 Å². The van der Waals surface area contributed by atoms with Gasteiger partial charge in [-0.05, 0) is 48.0 Å². The van der Waals surface area contributed by atoms with Gasteiger partial charge in [-0.1, -0.05) is 59.2 Å². The molecule has 7 heteroatoms. The summed E-state index contributed by atoms with van der Waals surface area (Å²) in [6.07, 6.45) is 0. The molecule has 0 amide bonds. The van der Waals surface area contributed by atoms with Crippen LogP contribution in [0.2, 0.25) is 10.0 Å². The zero-order chi connectivity index (χ0) is 19.7. The number of fused-ring (bicyclic) bond motifs is 1. The summed E-state index contributed by atoms with van der Waals surface area (Å²) >= 11 is 13.8. The quantitative estimate of drug-likeness (QED) is 0.288. The van der Waals surface area contributed by atoms with Crippen LogP contribution in [-0.2, 0) is 5.75 Å². The Hall–Kier alpha value is -2.34. The summed E-state index contributed by atoms with van der Waals surface area (Å²) in [6, 6.07) is 18.4. The van der Waals surface area contributed by atoms with E-state index in [4.69, 9.17) is 23.2 Å². The third-order valence-electron chi connectivity index (χ3n) is 4.18. The number of thioether (sulfide) groups is 1. The van der Waals surface area contributed by atoms with E-state index in [0.29, 0.717) is 37.5 Å². The first-order valence-electron chi connectivity index (χ1n) is 8.37. The molecule has 0 atom stereocenters. The zero-order valence-corrected chi connectivity index (χ0v) is 16.7. The van der Waals surface area contributed by atoms with Crippen molar-refractivity contribution in [1.29, 1.82) is 0 Å². The molecule has 140 valence electrons. The van der Waals surface area contributed by atoms with Crippen LogP contribution in [0.1, 0.15) is 5.56 Å². The summed E-state index contributed by atoms with van der Waals surface area (Å²) in [5.74, 6) is 0.235. The standard InChI is InChI=1S/C21H13Cl2FN2OS/c22-14-7-10-19(17(23)11-14)26-20(27)16-3-1-2-4-18(16)25-21(26)28-12-13-5-8-15(24)9-6-13/h1-11H,12H2. The topological polar surface area (TPSA) is 34.9 Å². The van der Waals surface area contributed by atoms with Gasteiger partial charge in [0.2, 0.25) is 0 Å². The minimum absolute atomic E-state index is 0.212. The van der Waals surface area contributed by atoms with Crippen molar-refractivity contribution in [2.24, 2.45) is 0 Å². The van der Waals surface area contributed by atoms with Crippen LogP contribution in [0, 0.1) is 5.82 Å². The van der Waals surface area contributed by atoms with Gasteiger partial charge in [0.05, 0.1) is 21.6 Å². The number of rotatable bonds is 4. The molecule has 4 aromatic rings. The maximum atomic E-state index is 13.2. The van der Waals surface area contributed by atoms with Crippen molar-refractivity contribution < 1.29 is 4.39 Å². The molecule has 3 aromatic carbocycles. The molecule has 1 aromatic heterocycles.